The van der Waals surface area contributed by atoms with Crippen molar-refractivity contribution >= 4 is 5.97 Å². The van der Waals surface area contributed by atoms with Crippen LogP contribution in [0, 0.1) is 29.0 Å². The minimum Gasteiger partial charge on any atom is -0.481 e. The van der Waals surface area contributed by atoms with E-state index >= 15 is 0 Å². The molecule has 0 fully saturated rings. The van der Waals surface area contributed by atoms with E-state index in [4.69, 9.17) is 10.4 Å². The molecule has 80 valence electrons. The maximum atomic E-state index is 13.3. The van der Waals surface area contributed by atoms with Crippen molar-refractivity contribution in [3.8, 4) is 17.9 Å². The molecule has 0 amide bonds. The first kappa shape index (κ1) is 11.7. The van der Waals surface area contributed by atoms with Gasteiger partial charge in [0.15, 0.2) is 0 Å². The predicted molar refractivity (Wildman–Crippen MR) is 54.8 cm³/mol. The van der Waals surface area contributed by atoms with Crippen molar-refractivity contribution in [3.63, 3.8) is 0 Å². The van der Waals surface area contributed by atoms with Crippen molar-refractivity contribution in [1.29, 1.82) is 5.26 Å². The maximum absolute atomic E-state index is 13.3. The Morgan fingerprint density at radius 2 is 2.25 bits per heavy atom. The Bertz CT molecular complexity index is 506. The molecular formula is C12H8FNO2. The first-order valence-electron chi connectivity index (χ1n) is 4.49. The van der Waals surface area contributed by atoms with Crippen LogP contribution < -0.4 is 0 Å². The Hall–Kier alpha value is -2.33. The van der Waals surface area contributed by atoms with Crippen LogP contribution >= 0.6 is 0 Å². The lowest BCUT2D eigenvalue weighted by Crippen LogP contribution is -2.02. The van der Waals surface area contributed by atoms with Crippen molar-refractivity contribution in [2.45, 2.75) is 12.8 Å². The first-order valence-corrected chi connectivity index (χ1v) is 4.49. The molecule has 1 rings (SSSR count). The summed E-state index contributed by atoms with van der Waals surface area (Å²) in [5, 5.41) is 16.8. The molecule has 0 radical (unpaired) electrons. The van der Waals surface area contributed by atoms with Gasteiger partial charge >= 0.3 is 5.97 Å². The largest absolute Gasteiger partial charge is 0.481 e. The fraction of sp³-hybridized carbons (Fsp3) is 0.167. The molecule has 0 saturated carbocycles. The molecular weight excluding hydrogens is 209 g/mol. The smallest absolute Gasteiger partial charge is 0.307 e. The zero-order valence-electron chi connectivity index (χ0n) is 8.33. The Balaban J connectivity index is 2.88. The number of nitriles is 1. The summed E-state index contributed by atoms with van der Waals surface area (Å²) >= 11 is 0. The highest BCUT2D eigenvalue weighted by molar-refractivity contribution is 5.70. The molecule has 0 aliphatic heterocycles. The van der Waals surface area contributed by atoms with E-state index in [-0.39, 0.29) is 18.4 Å². The number of nitrogens with zero attached hydrogens (tertiary/aromatic N) is 1. The van der Waals surface area contributed by atoms with E-state index in [9.17, 15) is 9.18 Å². The molecule has 0 heterocycles. The van der Waals surface area contributed by atoms with E-state index in [0.29, 0.717) is 5.56 Å². The third-order valence-electron chi connectivity index (χ3n) is 1.79. The van der Waals surface area contributed by atoms with Crippen molar-refractivity contribution in [3.05, 3.63) is 35.1 Å². The summed E-state index contributed by atoms with van der Waals surface area (Å²) in [6.45, 7) is 0. The fourth-order valence-electron chi connectivity index (χ4n) is 1.12. The van der Waals surface area contributed by atoms with Gasteiger partial charge in [0, 0.05) is 5.56 Å². The van der Waals surface area contributed by atoms with E-state index < -0.39 is 11.8 Å². The molecule has 0 aliphatic carbocycles. The molecule has 1 aromatic rings. The van der Waals surface area contributed by atoms with Crippen LogP contribution in [-0.2, 0) is 11.2 Å². The Morgan fingerprint density at radius 1 is 1.50 bits per heavy atom. The van der Waals surface area contributed by atoms with Gasteiger partial charge in [0.1, 0.15) is 5.82 Å². The van der Waals surface area contributed by atoms with Gasteiger partial charge in [-0.3, -0.25) is 4.79 Å². The number of rotatable bonds is 2. The minimum absolute atomic E-state index is 0.0818. The van der Waals surface area contributed by atoms with Crippen LogP contribution in [-0.4, -0.2) is 11.1 Å². The maximum Gasteiger partial charge on any atom is 0.307 e. The lowest BCUT2D eigenvalue weighted by Gasteiger charge is -1.99. The Morgan fingerprint density at radius 3 is 2.81 bits per heavy atom. The second-order valence-electron chi connectivity index (χ2n) is 3.01. The summed E-state index contributed by atoms with van der Waals surface area (Å²) in [4.78, 5) is 10.4. The van der Waals surface area contributed by atoms with Crippen molar-refractivity contribution in [2.75, 3.05) is 0 Å². The SMILES string of the molecule is N#CCC#Cc1ccc(CC(=O)O)c(F)c1. The topological polar surface area (TPSA) is 61.1 Å². The van der Waals surface area contributed by atoms with E-state index in [2.05, 4.69) is 11.8 Å². The highest BCUT2D eigenvalue weighted by atomic mass is 19.1. The van der Waals surface area contributed by atoms with Gasteiger partial charge in [0.2, 0.25) is 0 Å². The quantitative estimate of drug-likeness (QED) is 0.767. The van der Waals surface area contributed by atoms with Crippen LogP contribution in [0.5, 0.6) is 0 Å². The molecule has 0 unspecified atom stereocenters. The zero-order valence-corrected chi connectivity index (χ0v) is 8.33. The summed E-state index contributed by atoms with van der Waals surface area (Å²) in [5.41, 5.74) is 0.556. The lowest BCUT2D eigenvalue weighted by atomic mass is 10.1. The third-order valence-corrected chi connectivity index (χ3v) is 1.79. The molecule has 0 aliphatic rings. The van der Waals surface area contributed by atoms with Gasteiger partial charge in [-0.1, -0.05) is 17.9 Å². The molecule has 0 saturated heterocycles. The predicted octanol–water partition coefficient (Wildman–Crippen LogP) is 1.72. The molecule has 3 nitrogen and oxygen atoms in total. The van der Waals surface area contributed by atoms with Gasteiger partial charge in [-0.15, -0.1) is 0 Å². The van der Waals surface area contributed by atoms with Crippen LogP contribution in [0.4, 0.5) is 4.39 Å². The van der Waals surface area contributed by atoms with Crippen LogP contribution in [0.15, 0.2) is 18.2 Å². The van der Waals surface area contributed by atoms with Crippen LogP contribution in [0.1, 0.15) is 17.5 Å². The van der Waals surface area contributed by atoms with E-state index in [0.717, 1.165) is 0 Å². The van der Waals surface area contributed by atoms with E-state index in [1.165, 1.54) is 18.2 Å². The average Bonchev–Trinajstić information content (AvgIpc) is 2.22. The van der Waals surface area contributed by atoms with Crippen LogP contribution in [0.3, 0.4) is 0 Å². The van der Waals surface area contributed by atoms with Gasteiger partial charge in [-0.25, -0.2) is 4.39 Å². The molecule has 0 bridgehead atoms. The van der Waals surface area contributed by atoms with Crippen LogP contribution in [0.2, 0.25) is 0 Å². The van der Waals surface area contributed by atoms with Crippen LogP contribution in [0.25, 0.3) is 0 Å². The van der Waals surface area contributed by atoms with Crippen molar-refractivity contribution < 1.29 is 14.3 Å². The number of carboxylic acids is 1. The Labute approximate surface area is 92.1 Å². The van der Waals surface area contributed by atoms with E-state index in [1.54, 1.807) is 0 Å². The van der Waals surface area contributed by atoms with Gasteiger partial charge in [-0.05, 0) is 17.7 Å². The standard InChI is InChI=1S/C12H8FNO2/c13-11-7-9(3-1-2-6-14)4-5-10(11)8-12(15)16/h4-5,7H,2,8H2,(H,15,16). The van der Waals surface area contributed by atoms with Crippen molar-refractivity contribution in [1.82, 2.24) is 0 Å². The number of benzene rings is 1. The summed E-state index contributed by atoms with van der Waals surface area (Å²) in [7, 11) is 0. The Kier molecular flexibility index (Phi) is 4.06. The molecule has 0 spiro atoms. The second kappa shape index (κ2) is 5.53. The summed E-state index contributed by atoms with van der Waals surface area (Å²) in [5.74, 6) is 3.48. The minimum atomic E-state index is -1.08. The van der Waals surface area contributed by atoms with Gasteiger partial charge in [-0.2, -0.15) is 5.26 Å². The monoisotopic (exact) mass is 217 g/mol. The van der Waals surface area contributed by atoms with E-state index in [1.807, 2.05) is 6.07 Å². The number of hydrogen-bond donors (Lipinski definition) is 1. The van der Waals surface area contributed by atoms with Gasteiger partial charge in [0.05, 0.1) is 18.9 Å². The number of halogens is 1. The second-order valence-corrected chi connectivity index (χ2v) is 3.01. The number of carbonyl (C=O) groups is 1. The third kappa shape index (κ3) is 3.43. The number of hydrogen-bond acceptors (Lipinski definition) is 2. The van der Waals surface area contributed by atoms with Gasteiger partial charge in [0.25, 0.3) is 0 Å². The summed E-state index contributed by atoms with van der Waals surface area (Å²) < 4.78 is 13.3. The van der Waals surface area contributed by atoms with Gasteiger partial charge < -0.3 is 5.11 Å². The average molecular weight is 217 g/mol. The molecule has 0 aromatic heterocycles. The van der Waals surface area contributed by atoms with Crippen molar-refractivity contribution in [2.24, 2.45) is 0 Å². The zero-order chi connectivity index (χ0) is 12.0. The lowest BCUT2D eigenvalue weighted by molar-refractivity contribution is -0.136. The summed E-state index contributed by atoms with van der Waals surface area (Å²) in [6, 6.07) is 5.94. The highest BCUT2D eigenvalue weighted by Crippen LogP contribution is 2.10. The molecule has 0 atom stereocenters. The number of carboxylic acid groups (broad SMARTS) is 1. The normalized spacial score (nSPS) is 8.75. The summed E-state index contributed by atoms with van der Waals surface area (Å²) in [6.07, 6.45) is -0.268. The fourth-order valence-corrected chi connectivity index (χ4v) is 1.12. The first-order chi connectivity index (χ1) is 7.63. The molecule has 1 N–H and O–H groups in total. The molecule has 4 heteroatoms. The molecule has 1 aromatic carbocycles. The molecule has 16 heavy (non-hydrogen) atoms. The number of aliphatic carboxylic acids is 1. The highest BCUT2D eigenvalue weighted by Gasteiger charge is 2.06.